The van der Waals surface area contributed by atoms with Gasteiger partial charge in [0.2, 0.25) is 0 Å². The topological polar surface area (TPSA) is 31.2 Å². The molecule has 4 rings (SSSR count). The van der Waals surface area contributed by atoms with E-state index in [1.807, 2.05) is 43.3 Å². The van der Waals surface area contributed by atoms with Gasteiger partial charge in [-0.05, 0) is 54.8 Å². The van der Waals surface area contributed by atoms with E-state index < -0.39 is 0 Å². The maximum atomic E-state index is 12.1. The molecule has 160 valence electrons. The van der Waals surface area contributed by atoms with Gasteiger partial charge in [-0.25, -0.2) is 4.79 Å². The van der Waals surface area contributed by atoms with Crippen molar-refractivity contribution in [3.05, 3.63) is 107 Å². The van der Waals surface area contributed by atoms with Gasteiger partial charge in [0, 0.05) is 5.69 Å². The Morgan fingerprint density at radius 1 is 0.844 bits per heavy atom. The van der Waals surface area contributed by atoms with E-state index in [2.05, 4.69) is 72.2 Å². The molecule has 0 bridgehead atoms. The first-order valence-corrected chi connectivity index (χ1v) is 11.5. The van der Waals surface area contributed by atoms with Crippen molar-refractivity contribution < 1.29 is 9.53 Å². The van der Waals surface area contributed by atoms with Gasteiger partial charge >= 0.3 is 5.97 Å². The minimum atomic E-state index is -0.334. The van der Waals surface area contributed by atoms with Crippen LogP contribution >= 0.6 is 10.9 Å². The highest BCUT2D eigenvalue weighted by Gasteiger charge is 2.11. The van der Waals surface area contributed by atoms with Crippen LogP contribution in [-0.2, 0) is 9.53 Å². The second kappa shape index (κ2) is 10.1. The molecule has 3 aromatic carbocycles. The number of hydrogen-bond donors (Lipinski definition) is 0. The van der Waals surface area contributed by atoms with Gasteiger partial charge in [-0.3, -0.25) is 0 Å². The second-order valence-corrected chi connectivity index (χ2v) is 8.25. The van der Waals surface area contributed by atoms with Gasteiger partial charge < -0.3 is 9.30 Å². The minimum absolute atomic E-state index is 0.334. The van der Waals surface area contributed by atoms with E-state index in [0.29, 0.717) is 6.61 Å². The number of esters is 1. The molecular weight excluding hydrogens is 414 g/mol. The molecule has 0 saturated heterocycles. The quantitative estimate of drug-likeness (QED) is 0.254. The second-order valence-electron chi connectivity index (χ2n) is 7.36. The molecule has 1 heterocycles. The number of ether oxygens (including phenoxy) is 1. The van der Waals surface area contributed by atoms with Crippen LogP contribution in [0.2, 0.25) is 0 Å². The maximum absolute atomic E-state index is 12.1. The number of pyridine rings is 1. The third kappa shape index (κ3) is 4.98. The van der Waals surface area contributed by atoms with Gasteiger partial charge in [-0.2, -0.15) is 0 Å². The summed E-state index contributed by atoms with van der Waals surface area (Å²) in [6.45, 7) is 4.24. The summed E-state index contributed by atoms with van der Waals surface area (Å²) in [7, 11) is 1.38. The van der Waals surface area contributed by atoms with Crippen LogP contribution in [0.3, 0.4) is 0 Å². The number of hydrogen-bond acceptors (Lipinski definition) is 2. The number of nitrogens with zero attached hydrogens (tertiary/aromatic N) is 1. The van der Waals surface area contributed by atoms with Crippen molar-refractivity contribution >= 4 is 22.3 Å². The molecule has 0 spiro atoms. The van der Waals surface area contributed by atoms with Crippen LogP contribution in [0, 0.1) is 11.6 Å². The summed E-state index contributed by atoms with van der Waals surface area (Å²) in [5.74, 6) is -0.334. The highest BCUT2D eigenvalue weighted by molar-refractivity contribution is 7.90. The lowest BCUT2D eigenvalue weighted by atomic mass is 10.0. The molecule has 0 amide bonds. The van der Waals surface area contributed by atoms with Crippen LogP contribution in [0.4, 0.5) is 0 Å². The Labute approximate surface area is 192 Å². The Morgan fingerprint density at radius 3 is 2.09 bits per heavy atom. The average molecular weight is 440 g/mol. The summed E-state index contributed by atoms with van der Waals surface area (Å²) < 4.78 is 8.26. The van der Waals surface area contributed by atoms with Crippen molar-refractivity contribution in [3.8, 4) is 28.1 Å². The van der Waals surface area contributed by atoms with E-state index in [1.54, 1.807) is 0 Å². The fourth-order valence-electron chi connectivity index (χ4n) is 3.52. The molecule has 0 unspecified atom stereocenters. The van der Waals surface area contributed by atoms with Gasteiger partial charge in [0.25, 0.3) is 0 Å². The summed E-state index contributed by atoms with van der Waals surface area (Å²) >= 11 is 0. The van der Waals surface area contributed by atoms with Crippen LogP contribution in [-0.4, -0.2) is 22.5 Å². The molecule has 4 heteroatoms. The van der Waals surface area contributed by atoms with E-state index in [0.717, 1.165) is 32.7 Å². The molecule has 0 N–H and O–H groups in total. The minimum Gasteiger partial charge on any atom is -0.462 e. The van der Waals surface area contributed by atoms with Crippen molar-refractivity contribution in [1.29, 1.82) is 0 Å². The van der Waals surface area contributed by atoms with Crippen LogP contribution in [0.5, 0.6) is 0 Å². The number of carbonyl (C=O) groups is 1. The number of rotatable bonds is 5. The Balaban J connectivity index is 2.08. The van der Waals surface area contributed by atoms with Crippen molar-refractivity contribution in [1.82, 2.24) is 4.57 Å². The number of carbonyl (C=O) groups excluding carboxylic acids is 1. The maximum Gasteiger partial charge on any atom is 0.340 e. The van der Waals surface area contributed by atoms with Crippen molar-refractivity contribution in [3.63, 3.8) is 0 Å². The summed E-state index contributed by atoms with van der Waals surface area (Å²) in [6.07, 6.45) is 0. The first-order chi connectivity index (χ1) is 15.7. The third-order valence-corrected chi connectivity index (χ3v) is 5.92. The smallest absolute Gasteiger partial charge is 0.340 e. The lowest BCUT2D eigenvalue weighted by Gasteiger charge is -2.17. The van der Waals surface area contributed by atoms with Crippen molar-refractivity contribution in [2.75, 3.05) is 6.61 Å². The molecule has 0 atom stereocenters. The molecule has 3 nitrogen and oxygen atoms in total. The largest absolute Gasteiger partial charge is 0.462 e. The van der Waals surface area contributed by atoms with Crippen molar-refractivity contribution in [2.45, 2.75) is 13.8 Å². The van der Waals surface area contributed by atoms with E-state index in [9.17, 15) is 4.79 Å². The number of benzene rings is 3. The monoisotopic (exact) mass is 439 g/mol. The molecule has 4 aromatic rings. The molecule has 32 heavy (non-hydrogen) atoms. The van der Waals surface area contributed by atoms with Crippen LogP contribution in [0.15, 0.2) is 97.1 Å². The molecule has 0 aliphatic carbocycles. The highest BCUT2D eigenvalue weighted by Crippen LogP contribution is 2.30. The van der Waals surface area contributed by atoms with Gasteiger partial charge in [0.05, 0.1) is 17.7 Å². The van der Waals surface area contributed by atoms with Crippen LogP contribution in [0.25, 0.3) is 28.1 Å². The lowest BCUT2D eigenvalue weighted by Crippen LogP contribution is -2.05. The van der Waals surface area contributed by atoms with Gasteiger partial charge in [-0.15, -0.1) is 10.9 Å². The van der Waals surface area contributed by atoms with Gasteiger partial charge in [-0.1, -0.05) is 78.4 Å². The SMILES string of the molecule is CCOC(=O)C=S=c1cc(-c2ccccc2)cc(-c2ccccc2)n1-c1ccc(C)cc1. The predicted molar refractivity (Wildman–Crippen MR) is 135 cm³/mol. The number of aryl methyl sites for hydroxylation is 1. The standard InChI is InChI=1S/C28H25NO2S/c1-3-31-28(30)20-32-27-19-24(22-10-6-4-7-11-22)18-26(23-12-8-5-9-13-23)29(27)25-16-14-21(2)15-17-25/h4-20H,3H2,1-2H3. The first kappa shape index (κ1) is 21.6. The zero-order valence-electron chi connectivity index (χ0n) is 18.2. The van der Waals surface area contributed by atoms with Crippen molar-refractivity contribution in [2.24, 2.45) is 0 Å². The Hall–Kier alpha value is -3.63. The Kier molecular flexibility index (Phi) is 6.83. The van der Waals surface area contributed by atoms with Gasteiger partial charge in [0.15, 0.2) is 0 Å². The van der Waals surface area contributed by atoms with E-state index in [-0.39, 0.29) is 5.97 Å². The average Bonchev–Trinajstić information content (AvgIpc) is 2.84. The molecular formula is C28H25NO2S. The lowest BCUT2D eigenvalue weighted by molar-refractivity contribution is -0.134. The van der Waals surface area contributed by atoms with E-state index >= 15 is 0 Å². The summed E-state index contributed by atoms with van der Waals surface area (Å²) in [4.78, 5) is 12.1. The van der Waals surface area contributed by atoms with Gasteiger partial charge in [0.1, 0.15) is 4.64 Å². The molecule has 1 aromatic heterocycles. The first-order valence-electron chi connectivity index (χ1n) is 10.6. The zero-order valence-corrected chi connectivity index (χ0v) is 19.0. The fourth-order valence-corrected chi connectivity index (χ4v) is 4.31. The fraction of sp³-hybridized carbons (Fsp3) is 0.107. The van der Waals surface area contributed by atoms with Crippen LogP contribution < -0.4 is 0 Å². The predicted octanol–water partition coefficient (Wildman–Crippen LogP) is 6.75. The Bertz CT molecular complexity index is 1320. The highest BCUT2D eigenvalue weighted by atomic mass is 32.1. The van der Waals surface area contributed by atoms with E-state index in [1.165, 1.54) is 21.9 Å². The third-order valence-electron chi connectivity index (χ3n) is 5.06. The number of aromatic nitrogens is 1. The van der Waals surface area contributed by atoms with E-state index in [4.69, 9.17) is 4.74 Å². The Morgan fingerprint density at radius 2 is 1.47 bits per heavy atom. The van der Waals surface area contributed by atoms with Crippen LogP contribution in [0.1, 0.15) is 12.5 Å². The normalized spacial score (nSPS) is 10.4. The summed E-state index contributed by atoms with van der Waals surface area (Å²) in [5, 5.41) is 1.53. The molecule has 0 radical (unpaired) electrons. The molecule has 0 aliphatic rings. The molecule has 0 fully saturated rings. The molecule has 0 saturated carbocycles. The summed E-state index contributed by atoms with van der Waals surface area (Å²) in [6, 6.07) is 33.4. The molecule has 0 aliphatic heterocycles. The summed E-state index contributed by atoms with van der Waals surface area (Å²) in [5.41, 5.74) is 6.60. The zero-order chi connectivity index (χ0) is 22.3.